The number of nitrogen functional groups attached to an aromatic ring is 1. The summed E-state index contributed by atoms with van der Waals surface area (Å²) < 4.78 is 0.903. The zero-order valence-corrected chi connectivity index (χ0v) is 11.6. The third-order valence-electron chi connectivity index (χ3n) is 3.37. The standard InChI is InChI=1S/C13H18BrN3/c1-9-5-2-3-8-17(9)11-7-4-6-10(14)12(11)13(15)16/h4,6-7,9H,2-3,5,8H2,1H3,(H3,15,16). The molecule has 2 rings (SSSR count). The van der Waals surface area contributed by atoms with Gasteiger partial charge in [-0.3, -0.25) is 5.41 Å². The van der Waals surface area contributed by atoms with E-state index in [2.05, 4.69) is 33.8 Å². The molecular weight excluding hydrogens is 278 g/mol. The van der Waals surface area contributed by atoms with E-state index in [4.69, 9.17) is 11.1 Å². The highest BCUT2D eigenvalue weighted by atomic mass is 79.9. The van der Waals surface area contributed by atoms with Crippen LogP contribution in [-0.2, 0) is 0 Å². The zero-order valence-electron chi connectivity index (χ0n) is 10.0. The molecule has 0 spiro atoms. The van der Waals surface area contributed by atoms with Crippen LogP contribution < -0.4 is 10.6 Å². The molecule has 1 unspecified atom stereocenters. The van der Waals surface area contributed by atoms with Gasteiger partial charge in [0.1, 0.15) is 5.84 Å². The van der Waals surface area contributed by atoms with E-state index in [1.54, 1.807) is 0 Å². The van der Waals surface area contributed by atoms with Gasteiger partial charge in [-0.2, -0.15) is 0 Å². The van der Waals surface area contributed by atoms with Crippen molar-refractivity contribution in [3.63, 3.8) is 0 Å². The van der Waals surface area contributed by atoms with Crippen molar-refractivity contribution in [2.24, 2.45) is 5.73 Å². The first-order chi connectivity index (χ1) is 8.11. The normalized spacial score (nSPS) is 20.4. The second-order valence-electron chi connectivity index (χ2n) is 4.59. The van der Waals surface area contributed by atoms with Gasteiger partial charge >= 0.3 is 0 Å². The number of anilines is 1. The predicted octanol–water partition coefficient (Wildman–Crippen LogP) is 3.11. The molecule has 1 saturated heterocycles. The fourth-order valence-electron chi connectivity index (χ4n) is 2.47. The molecule has 17 heavy (non-hydrogen) atoms. The molecule has 1 heterocycles. The van der Waals surface area contributed by atoms with Crippen LogP contribution >= 0.6 is 15.9 Å². The molecule has 0 aromatic heterocycles. The summed E-state index contributed by atoms with van der Waals surface area (Å²) >= 11 is 3.49. The van der Waals surface area contributed by atoms with E-state index in [9.17, 15) is 0 Å². The molecule has 4 heteroatoms. The van der Waals surface area contributed by atoms with E-state index in [1.807, 2.05) is 12.1 Å². The van der Waals surface area contributed by atoms with Gasteiger partial charge in [-0.1, -0.05) is 6.07 Å². The van der Waals surface area contributed by atoms with Crippen molar-refractivity contribution in [2.45, 2.75) is 32.2 Å². The average Bonchev–Trinajstić information content (AvgIpc) is 2.28. The first-order valence-electron chi connectivity index (χ1n) is 6.01. The van der Waals surface area contributed by atoms with Gasteiger partial charge in [0, 0.05) is 22.7 Å². The van der Waals surface area contributed by atoms with Crippen molar-refractivity contribution in [3.05, 3.63) is 28.2 Å². The van der Waals surface area contributed by atoms with Gasteiger partial charge in [0.2, 0.25) is 0 Å². The summed E-state index contributed by atoms with van der Waals surface area (Å²) in [5.41, 5.74) is 7.60. The molecule has 1 fully saturated rings. The van der Waals surface area contributed by atoms with Gasteiger partial charge < -0.3 is 10.6 Å². The maximum absolute atomic E-state index is 7.72. The maximum Gasteiger partial charge on any atom is 0.126 e. The van der Waals surface area contributed by atoms with E-state index in [1.165, 1.54) is 19.3 Å². The Bertz CT molecular complexity index is 431. The first-order valence-corrected chi connectivity index (χ1v) is 6.80. The summed E-state index contributed by atoms with van der Waals surface area (Å²) in [6.07, 6.45) is 3.72. The highest BCUT2D eigenvalue weighted by Gasteiger charge is 2.22. The van der Waals surface area contributed by atoms with Gasteiger partial charge in [-0.15, -0.1) is 0 Å². The second-order valence-corrected chi connectivity index (χ2v) is 5.44. The van der Waals surface area contributed by atoms with E-state index in [-0.39, 0.29) is 5.84 Å². The lowest BCUT2D eigenvalue weighted by atomic mass is 10.0. The molecule has 92 valence electrons. The van der Waals surface area contributed by atoms with Crippen LogP contribution in [0.5, 0.6) is 0 Å². The van der Waals surface area contributed by atoms with Gasteiger partial charge in [-0.05, 0) is 54.2 Å². The van der Waals surface area contributed by atoms with Crippen LogP contribution in [0.2, 0.25) is 0 Å². The summed E-state index contributed by atoms with van der Waals surface area (Å²) in [5, 5.41) is 7.72. The Balaban J connectivity index is 2.43. The van der Waals surface area contributed by atoms with E-state index >= 15 is 0 Å². The van der Waals surface area contributed by atoms with Gasteiger partial charge in [0.05, 0.1) is 5.56 Å². The fraction of sp³-hybridized carbons (Fsp3) is 0.462. The first kappa shape index (κ1) is 12.4. The molecule has 0 aliphatic carbocycles. The van der Waals surface area contributed by atoms with Gasteiger partial charge in [0.25, 0.3) is 0 Å². The summed E-state index contributed by atoms with van der Waals surface area (Å²) in [7, 11) is 0. The molecule has 1 aromatic rings. The number of piperidine rings is 1. The minimum absolute atomic E-state index is 0.130. The van der Waals surface area contributed by atoms with Crippen molar-refractivity contribution in [2.75, 3.05) is 11.4 Å². The van der Waals surface area contributed by atoms with Gasteiger partial charge in [0.15, 0.2) is 0 Å². The lowest BCUT2D eigenvalue weighted by Crippen LogP contribution is -2.38. The topological polar surface area (TPSA) is 53.1 Å². The average molecular weight is 296 g/mol. The van der Waals surface area contributed by atoms with Gasteiger partial charge in [-0.25, -0.2) is 0 Å². The Morgan fingerprint density at radius 3 is 2.88 bits per heavy atom. The molecule has 1 aliphatic heterocycles. The molecule has 0 saturated carbocycles. The highest BCUT2D eigenvalue weighted by molar-refractivity contribution is 9.10. The van der Waals surface area contributed by atoms with Crippen LogP contribution in [0.15, 0.2) is 22.7 Å². The van der Waals surface area contributed by atoms with Crippen molar-refractivity contribution in [1.29, 1.82) is 5.41 Å². The van der Waals surface area contributed by atoms with Crippen LogP contribution in [0, 0.1) is 5.41 Å². The quantitative estimate of drug-likeness (QED) is 0.651. The summed E-state index contributed by atoms with van der Waals surface area (Å²) in [6, 6.07) is 6.53. The van der Waals surface area contributed by atoms with Crippen LogP contribution in [0.1, 0.15) is 31.7 Å². The van der Waals surface area contributed by atoms with E-state index in [0.717, 1.165) is 22.3 Å². The summed E-state index contributed by atoms with van der Waals surface area (Å²) in [6.45, 7) is 3.29. The van der Waals surface area contributed by atoms with Crippen LogP contribution in [0.3, 0.4) is 0 Å². The summed E-state index contributed by atoms with van der Waals surface area (Å²) in [5.74, 6) is 0.130. The Morgan fingerprint density at radius 1 is 1.47 bits per heavy atom. The van der Waals surface area contributed by atoms with Crippen LogP contribution in [0.25, 0.3) is 0 Å². The Morgan fingerprint density at radius 2 is 2.24 bits per heavy atom. The van der Waals surface area contributed by atoms with Crippen molar-refractivity contribution in [3.8, 4) is 0 Å². The number of benzene rings is 1. The molecule has 1 aliphatic rings. The number of nitrogens with two attached hydrogens (primary N) is 1. The van der Waals surface area contributed by atoms with E-state index in [0.29, 0.717) is 6.04 Å². The molecule has 0 amide bonds. The van der Waals surface area contributed by atoms with Crippen molar-refractivity contribution < 1.29 is 0 Å². The summed E-state index contributed by atoms with van der Waals surface area (Å²) in [4.78, 5) is 2.37. The number of halogens is 1. The van der Waals surface area contributed by atoms with Crippen LogP contribution in [-0.4, -0.2) is 18.4 Å². The fourth-order valence-corrected chi connectivity index (χ4v) is 3.04. The highest BCUT2D eigenvalue weighted by Crippen LogP contribution is 2.31. The predicted molar refractivity (Wildman–Crippen MR) is 75.8 cm³/mol. The molecular formula is C13H18BrN3. The molecule has 3 N–H and O–H groups in total. The monoisotopic (exact) mass is 295 g/mol. The third-order valence-corrected chi connectivity index (χ3v) is 4.03. The molecule has 0 radical (unpaired) electrons. The minimum atomic E-state index is 0.130. The third kappa shape index (κ3) is 2.46. The number of nitrogens with zero attached hydrogens (tertiary/aromatic N) is 1. The number of hydrogen-bond acceptors (Lipinski definition) is 2. The number of hydrogen-bond donors (Lipinski definition) is 2. The Kier molecular flexibility index (Phi) is 3.72. The number of rotatable bonds is 2. The van der Waals surface area contributed by atoms with Crippen LogP contribution in [0.4, 0.5) is 5.69 Å². The molecule has 1 atom stereocenters. The number of amidine groups is 1. The molecule has 1 aromatic carbocycles. The van der Waals surface area contributed by atoms with Crippen molar-refractivity contribution >= 4 is 27.5 Å². The lowest BCUT2D eigenvalue weighted by molar-refractivity contribution is 0.484. The van der Waals surface area contributed by atoms with E-state index < -0.39 is 0 Å². The lowest BCUT2D eigenvalue weighted by Gasteiger charge is -2.36. The Hall–Kier alpha value is -1.03. The van der Waals surface area contributed by atoms with Crippen molar-refractivity contribution in [1.82, 2.24) is 0 Å². The molecule has 0 bridgehead atoms. The largest absolute Gasteiger partial charge is 0.384 e. The minimum Gasteiger partial charge on any atom is -0.384 e. The number of nitrogens with one attached hydrogen (secondary N) is 1. The zero-order chi connectivity index (χ0) is 12.4. The Labute approximate surface area is 111 Å². The maximum atomic E-state index is 7.72. The second kappa shape index (κ2) is 5.08. The SMILES string of the molecule is CC1CCCCN1c1cccc(Br)c1C(=N)N. The smallest absolute Gasteiger partial charge is 0.126 e. The molecule has 3 nitrogen and oxygen atoms in total.